The fourth-order valence-electron chi connectivity index (χ4n) is 2.30. The highest BCUT2D eigenvalue weighted by Crippen LogP contribution is 2.19. The molecule has 0 saturated carbocycles. The normalized spacial score (nSPS) is 16.7. The van der Waals surface area contributed by atoms with Crippen molar-refractivity contribution < 1.29 is 9.53 Å². The molecule has 2 N–H and O–H groups in total. The van der Waals surface area contributed by atoms with Crippen molar-refractivity contribution in [3.05, 3.63) is 29.8 Å². The average Bonchev–Trinajstić information content (AvgIpc) is 2.48. The maximum Gasteiger partial charge on any atom is 0.320 e. The number of amides is 2. The molecule has 1 saturated heterocycles. The highest BCUT2D eigenvalue weighted by Gasteiger charge is 2.18. The van der Waals surface area contributed by atoms with Crippen LogP contribution in [-0.2, 0) is 0 Å². The molecule has 1 aromatic rings. The SMILES string of the molecule is CC(NC(=O)N1CCNCC1)Oc1ccc(C(C)C)cc1. The zero-order chi connectivity index (χ0) is 15.2. The minimum Gasteiger partial charge on any atom is -0.471 e. The molecule has 0 bridgehead atoms. The van der Waals surface area contributed by atoms with Crippen LogP contribution in [0.4, 0.5) is 4.79 Å². The Bertz CT molecular complexity index is 453. The third-order valence-corrected chi connectivity index (χ3v) is 3.59. The lowest BCUT2D eigenvalue weighted by Crippen LogP contribution is -2.52. The Kier molecular flexibility index (Phi) is 5.44. The van der Waals surface area contributed by atoms with Gasteiger partial charge in [0.05, 0.1) is 0 Å². The van der Waals surface area contributed by atoms with E-state index in [0.717, 1.165) is 31.9 Å². The summed E-state index contributed by atoms with van der Waals surface area (Å²) in [6.07, 6.45) is -0.350. The molecule has 0 spiro atoms. The number of rotatable bonds is 4. The van der Waals surface area contributed by atoms with Gasteiger partial charge in [-0.15, -0.1) is 0 Å². The fourth-order valence-corrected chi connectivity index (χ4v) is 2.30. The lowest BCUT2D eigenvalue weighted by atomic mass is 10.0. The second-order valence-corrected chi connectivity index (χ2v) is 5.67. The van der Waals surface area contributed by atoms with Crippen molar-refractivity contribution in [2.45, 2.75) is 32.9 Å². The standard InChI is InChI=1S/C16H25N3O2/c1-12(2)14-4-6-15(7-5-14)21-13(3)18-16(20)19-10-8-17-9-11-19/h4-7,12-13,17H,8-11H2,1-3H3,(H,18,20). The summed E-state index contributed by atoms with van der Waals surface area (Å²) in [6.45, 7) is 9.33. The van der Waals surface area contributed by atoms with Crippen molar-refractivity contribution in [2.75, 3.05) is 26.2 Å². The van der Waals surface area contributed by atoms with Gasteiger partial charge in [-0.25, -0.2) is 4.79 Å². The van der Waals surface area contributed by atoms with E-state index >= 15 is 0 Å². The molecular weight excluding hydrogens is 266 g/mol. The molecule has 0 aromatic heterocycles. The van der Waals surface area contributed by atoms with E-state index in [9.17, 15) is 4.79 Å². The van der Waals surface area contributed by atoms with Gasteiger partial charge in [0.15, 0.2) is 6.23 Å². The van der Waals surface area contributed by atoms with Crippen molar-refractivity contribution in [1.29, 1.82) is 0 Å². The van der Waals surface area contributed by atoms with Crippen LogP contribution < -0.4 is 15.4 Å². The zero-order valence-electron chi connectivity index (χ0n) is 13.1. The summed E-state index contributed by atoms with van der Waals surface area (Å²) in [7, 11) is 0. The van der Waals surface area contributed by atoms with Gasteiger partial charge in [-0.05, 0) is 30.5 Å². The van der Waals surface area contributed by atoms with Gasteiger partial charge in [0.2, 0.25) is 0 Å². The molecule has 1 atom stereocenters. The number of carbonyl (C=O) groups excluding carboxylic acids is 1. The Morgan fingerprint density at radius 2 is 1.81 bits per heavy atom. The van der Waals surface area contributed by atoms with Crippen LogP contribution >= 0.6 is 0 Å². The van der Waals surface area contributed by atoms with Crippen LogP contribution in [-0.4, -0.2) is 43.3 Å². The number of piperazine rings is 1. The fraction of sp³-hybridized carbons (Fsp3) is 0.562. The lowest BCUT2D eigenvalue weighted by molar-refractivity contribution is 0.149. The number of hydrogen-bond donors (Lipinski definition) is 2. The van der Waals surface area contributed by atoms with Crippen molar-refractivity contribution in [1.82, 2.24) is 15.5 Å². The van der Waals surface area contributed by atoms with E-state index < -0.39 is 0 Å². The molecular formula is C16H25N3O2. The van der Waals surface area contributed by atoms with Crippen molar-refractivity contribution in [3.8, 4) is 5.75 Å². The van der Waals surface area contributed by atoms with Gasteiger partial charge < -0.3 is 20.3 Å². The van der Waals surface area contributed by atoms with E-state index in [4.69, 9.17) is 4.74 Å². The predicted molar refractivity (Wildman–Crippen MR) is 83.6 cm³/mol. The van der Waals surface area contributed by atoms with Crippen LogP contribution in [0.2, 0.25) is 0 Å². The van der Waals surface area contributed by atoms with Gasteiger partial charge in [0.25, 0.3) is 0 Å². The van der Waals surface area contributed by atoms with E-state index in [1.54, 1.807) is 4.90 Å². The minimum absolute atomic E-state index is 0.0669. The third-order valence-electron chi connectivity index (χ3n) is 3.59. The molecule has 1 aliphatic rings. The van der Waals surface area contributed by atoms with Crippen molar-refractivity contribution in [2.24, 2.45) is 0 Å². The van der Waals surface area contributed by atoms with E-state index in [2.05, 4.69) is 36.6 Å². The molecule has 2 rings (SSSR count). The van der Waals surface area contributed by atoms with Crippen LogP contribution in [0.1, 0.15) is 32.3 Å². The van der Waals surface area contributed by atoms with E-state index in [1.165, 1.54) is 5.56 Å². The number of carbonyl (C=O) groups is 1. The largest absolute Gasteiger partial charge is 0.471 e. The lowest BCUT2D eigenvalue weighted by Gasteiger charge is -2.29. The zero-order valence-corrected chi connectivity index (χ0v) is 13.1. The van der Waals surface area contributed by atoms with Crippen LogP contribution in [0.15, 0.2) is 24.3 Å². The number of nitrogens with zero attached hydrogens (tertiary/aromatic N) is 1. The Labute approximate surface area is 126 Å². The first kappa shape index (κ1) is 15.6. The van der Waals surface area contributed by atoms with E-state index in [-0.39, 0.29) is 12.3 Å². The number of urea groups is 1. The Morgan fingerprint density at radius 3 is 2.38 bits per heavy atom. The Balaban J connectivity index is 1.83. The molecule has 0 radical (unpaired) electrons. The first-order chi connectivity index (χ1) is 10.1. The highest BCUT2D eigenvalue weighted by molar-refractivity contribution is 5.74. The van der Waals surface area contributed by atoms with Crippen molar-refractivity contribution >= 4 is 6.03 Å². The summed E-state index contributed by atoms with van der Waals surface area (Å²) in [5.41, 5.74) is 1.28. The van der Waals surface area contributed by atoms with Crippen LogP contribution in [0.5, 0.6) is 5.75 Å². The van der Waals surface area contributed by atoms with Crippen LogP contribution in [0.25, 0.3) is 0 Å². The monoisotopic (exact) mass is 291 g/mol. The minimum atomic E-state index is -0.350. The molecule has 0 aliphatic carbocycles. The number of benzene rings is 1. The first-order valence-electron chi connectivity index (χ1n) is 7.59. The maximum absolute atomic E-state index is 12.0. The Hall–Kier alpha value is -1.75. The average molecular weight is 291 g/mol. The number of hydrogen-bond acceptors (Lipinski definition) is 3. The third kappa shape index (κ3) is 4.63. The van der Waals surface area contributed by atoms with Gasteiger partial charge >= 0.3 is 6.03 Å². The second kappa shape index (κ2) is 7.31. The summed E-state index contributed by atoms with van der Waals surface area (Å²) in [5.74, 6) is 1.27. The van der Waals surface area contributed by atoms with Gasteiger partial charge in [-0.3, -0.25) is 0 Å². The van der Waals surface area contributed by atoms with Gasteiger partial charge in [-0.1, -0.05) is 26.0 Å². The first-order valence-corrected chi connectivity index (χ1v) is 7.59. The molecule has 1 aliphatic heterocycles. The van der Waals surface area contributed by atoms with Gasteiger partial charge in [0.1, 0.15) is 5.75 Å². The van der Waals surface area contributed by atoms with E-state index in [0.29, 0.717) is 5.92 Å². The van der Waals surface area contributed by atoms with Gasteiger partial charge in [-0.2, -0.15) is 0 Å². The molecule has 5 nitrogen and oxygen atoms in total. The van der Waals surface area contributed by atoms with Crippen molar-refractivity contribution in [3.63, 3.8) is 0 Å². The molecule has 1 unspecified atom stereocenters. The summed E-state index contributed by atoms with van der Waals surface area (Å²) in [4.78, 5) is 13.9. The highest BCUT2D eigenvalue weighted by atomic mass is 16.5. The van der Waals surface area contributed by atoms with Gasteiger partial charge in [0, 0.05) is 26.2 Å². The summed E-state index contributed by atoms with van der Waals surface area (Å²) >= 11 is 0. The second-order valence-electron chi connectivity index (χ2n) is 5.67. The van der Waals surface area contributed by atoms with E-state index in [1.807, 2.05) is 19.1 Å². The Morgan fingerprint density at radius 1 is 1.19 bits per heavy atom. The molecule has 116 valence electrons. The van der Waals surface area contributed by atoms with Crippen LogP contribution in [0.3, 0.4) is 0 Å². The molecule has 5 heteroatoms. The number of ether oxygens (including phenoxy) is 1. The molecule has 1 fully saturated rings. The smallest absolute Gasteiger partial charge is 0.320 e. The van der Waals surface area contributed by atoms with Crippen LogP contribution in [0, 0.1) is 0 Å². The molecule has 2 amide bonds. The summed E-state index contributed by atoms with van der Waals surface area (Å²) in [6, 6.07) is 7.95. The molecule has 1 aromatic carbocycles. The molecule has 1 heterocycles. The summed E-state index contributed by atoms with van der Waals surface area (Å²) < 4.78 is 5.74. The topological polar surface area (TPSA) is 53.6 Å². The maximum atomic E-state index is 12.0. The molecule has 21 heavy (non-hydrogen) atoms. The quantitative estimate of drug-likeness (QED) is 0.836. The summed E-state index contributed by atoms with van der Waals surface area (Å²) in [5, 5.41) is 6.10. The number of nitrogens with one attached hydrogen (secondary N) is 2. The predicted octanol–water partition coefficient (Wildman–Crippen LogP) is 2.15.